The van der Waals surface area contributed by atoms with Crippen LogP contribution in [0, 0.1) is 11.7 Å². The standard InChI is InChI=1S/C29H29F8NO2S/c30-24-13-12-22(16-23(24)18-6-7-18)41(40)26(14-15-38(17-26)25(39)19-4-2-1-3-5-19)20-8-10-21(11-9-20)27(31,28(32,33)34)29(35,36)37/h8-13,16,18-19H,1-7,14-15,17H2/t26-,41?/m0/s1. The molecule has 0 aromatic heterocycles. The maximum Gasteiger partial charge on any atom is 0.435 e. The second-order valence-corrected chi connectivity index (χ2v) is 13.1. The monoisotopic (exact) mass is 607 g/mol. The highest BCUT2D eigenvalue weighted by molar-refractivity contribution is 7.92. The van der Waals surface area contributed by atoms with Gasteiger partial charge in [0.2, 0.25) is 5.91 Å². The van der Waals surface area contributed by atoms with Crippen molar-refractivity contribution >= 4 is 17.1 Å². The molecule has 1 unspecified atom stereocenters. The Hall–Kier alpha value is -2.34. The number of halogens is 8. The molecule has 12 heteroatoms. The quantitative estimate of drug-likeness (QED) is 0.248. The summed E-state index contributed by atoms with van der Waals surface area (Å²) < 4.78 is 122. The largest absolute Gasteiger partial charge is 0.611 e. The molecule has 1 saturated heterocycles. The predicted octanol–water partition coefficient (Wildman–Crippen LogP) is 7.81. The fraction of sp³-hybridized carbons (Fsp3) is 0.552. The number of hydrogen-bond donors (Lipinski definition) is 0. The summed E-state index contributed by atoms with van der Waals surface area (Å²) in [7, 11) is 0. The molecule has 3 fully saturated rings. The van der Waals surface area contributed by atoms with E-state index in [0.717, 1.165) is 44.2 Å². The first-order valence-electron chi connectivity index (χ1n) is 13.6. The van der Waals surface area contributed by atoms with Gasteiger partial charge < -0.3 is 9.45 Å². The minimum atomic E-state index is -6.27. The number of likely N-dealkylation sites (tertiary alicyclic amines) is 1. The van der Waals surface area contributed by atoms with Crippen LogP contribution in [0.4, 0.5) is 35.1 Å². The van der Waals surface area contributed by atoms with Crippen LogP contribution < -0.4 is 0 Å². The summed E-state index contributed by atoms with van der Waals surface area (Å²) in [6.07, 6.45) is -6.67. The maximum atomic E-state index is 14.7. The van der Waals surface area contributed by atoms with Crippen molar-refractivity contribution in [2.45, 2.75) is 84.9 Å². The molecule has 1 amide bonds. The molecule has 2 atom stereocenters. The number of nitrogens with zero attached hydrogens (tertiary/aromatic N) is 1. The Balaban J connectivity index is 1.54. The number of alkyl halides is 7. The average Bonchev–Trinajstić information content (AvgIpc) is 3.68. The Bertz CT molecular complexity index is 1260. The van der Waals surface area contributed by atoms with Crippen LogP contribution in [0.25, 0.3) is 0 Å². The van der Waals surface area contributed by atoms with Gasteiger partial charge in [-0.05, 0) is 66.5 Å². The molecule has 2 saturated carbocycles. The van der Waals surface area contributed by atoms with Gasteiger partial charge in [-0.15, -0.1) is 0 Å². The normalized spacial score (nSPS) is 23.6. The number of benzene rings is 2. The minimum Gasteiger partial charge on any atom is -0.611 e. The van der Waals surface area contributed by atoms with Crippen LogP contribution in [0.15, 0.2) is 47.4 Å². The van der Waals surface area contributed by atoms with Gasteiger partial charge in [0.05, 0.1) is 6.54 Å². The van der Waals surface area contributed by atoms with Crippen molar-refractivity contribution in [2.75, 3.05) is 13.1 Å². The van der Waals surface area contributed by atoms with Crippen molar-refractivity contribution in [3.8, 4) is 0 Å². The fourth-order valence-electron chi connectivity index (χ4n) is 6.13. The molecule has 0 radical (unpaired) electrons. The minimum absolute atomic E-state index is 0.0162. The topological polar surface area (TPSA) is 43.4 Å². The fourth-order valence-corrected chi connectivity index (χ4v) is 7.91. The first kappa shape index (κ1) is 30.1. The lowest BCUT2D eigenvalue weighted by Crippen LogP contribution is -2.50. The summed E-state index contributed by atoms with van der Waals surface area (Å²) in [5, 5.41) is 0. The zero-order valence-electron chi connectivity index (χ0n) is 22.0. The second-order valence-electron chi connectivity index (χ2n) is 11.3. The molecule has 1 aliphatic heterocycles. The van der Waals surface area contributed by atoms with Crippen LogP contribution in [0.1, 0.15) is 74.0 Å². The van der Waals surface area contributed by atoms with E-state index in [1.807, 2.05) is 0 Å². The number of hydrogen-bond acceptors (Lipinski definition) is 2. The van der Waals surface area contributed by atoms with E-state index >= 15 is 0 Å². The molecule has 2 aromatic rings. The number of rotatable bonds is 6. The lowest BCUT2D eigenvalue weighted by Gasteiger charge is -2.34. The molecule has 0 N–H and O–H groups in total. The molecule has 0 spiro atoms. The number of carbonyl (C=O) groups is 1. The Morgan fingerprint density at radius 3 is 2.05 bits per heavy atom. The highest BCUT2D eigenvalue weighted by atomic mass is 32.2. The van der Waals surface area contributed by atoms with E-state index < -0.39 is 45.3 Å². The van der Waals surface area contributed by atoms with E-state index in [9.17, 15) is 44.5 Å². The Labute approximate surface area is 235 Å². The Kier molecular flexibility index (Phi) is 7.89. The Morgan fingerprint density at radius 1 is 0.878 bits per heavy atom. The lowest BCUT2D eigenvalue weighted by molar-refractivity contribution is -0.348. The van der Waals surface area contributed by atoms with Gasteiger partial charge in [0, 0.05) is 30.0 Å². The number of amides is 1. The Morgan fingerprint density at radius 2 is 1.49 bits per heavy atom. The van der Waals surface area contributed by atoms with Gasteiger partial charge in [0.25, 0.3) is 0 Å². The summed E-state index contributed by atoms with van der Waals surface area (Å²) in [5.41, 5.74) is -6.73. The maximum absolute atomic E-state index is 14.7. The summed E-state index contributed by atoms with van der Waals surface area (Å²) in [6, 6.07) is 6.73. The SMILES string of the molecule is O=C(C1CCCCC1)N1CC[C@](c2ccc(C(F)(C(F)(F)F)C(F)(F)F)cc2)([S+]([O-])c2ccc(F)c(C3CC3)c2)C1. The van der Waals surface area contributed by atoms with Gasteiger partial charge in [-0.25, -0.2) is 8.78 Å². The van der Waals surface area contributed by atoms with E-state index in [-0.39, 0.29) is 47.7 Å². The molecule has 5 rings (SSSR count). The van der Waals surface area contributed by atoms with Gasteiger partial charge >= 0.3 is 18.0 Å². The summed E-state index contributed by atoms with van der Waals surface area (Å²) in [5.74, 6) is -0.813. The highest BCUT2D eigenvalue weighted by Crippen LogP contribution is 2.54. The van der Waals surface area contributed by atoms with Crippen LogP contribution in [-0.2, 0) is 26.4 Å². The smallest absolute Gasteiger partial charge is 0.435 e. The highest BCUT2D eigenvalue weighted by Gasteiger charge is 2.73. The zero-order valence-corrected chi connectivity index (χ0v) is 22.8. The summed E-state index contributed by atoms with van der Waals surface area (Å²) >= 11 is -1.98. The van der Waals surface area contributed by atoms with Gasteiger partial charge in [-0.1, -0.05) is 43.5 Å². The van der Waals surface area contributed by atoms with Crippen LogP contribution >= 0.6 is 0 Å². The molecule has 2 aliphatic carbocycles. The molecule has 3 aliphatic rings. The molecule has 3 nitrogen and oxygen atoms in total. The van der Waals surface area contributed by atoms with E-state index in [4.69, 9.17) is 0 Å². The van der Waals surface area contributed by atoms with Crippen LogP contribution in [0.5, 0.6) is 0 Å². The molecule has 0 bridgehead atoms. The lowest BCUT2D eigenvalue weighted by atomic mass is 9.88. The van der Waals surface area contributed by atoms with E-state index in [1.165, 1.54) is 18.2 Å². The van der Waals surface area contributed by atoms with Crippen molar-refractivity contribution in [3.63, 3.8) is 0 Å². The average molecular weight is 608 g/mol. The molecule has 2 aromatic carbocycles. The summed E-state index contributed by atoms with van der Waals surface area (Å²) in [6.45, 7) is 0.0847. The predicted molar refractivity (Wildman–Crippen MR) is 136 cm³/mol. The van der Waals surface area contributed by atoms with Crippen molar-refractivity contribution < 1.29 is 44.5 Å². The molecule has 41 heavy (non-hydrogen) atoms. The first-order chi connectivity index (χ1) is 19.2. The van der Waals surface area contributed by atoms with Gasteiger partial charge in [-0.3, -0.25) is 4.79 Å². The van der Waals surface area contributed by atoms with Crippen LogP contribution in [-0.4, -0.2) is 40.8 Å². The number of carbonyl (C=O) groups excluding carboxylic acids is 1. The second kappa shape index (κ2) is 10.7. The van der Waals surface area contributed by atoms with Crippen molar-refractivity contribution in [2.24, 2.45) is 5.92 Å². The van der Waals surface area contributed by atoms with Gasteiger partial charge in [-0.2, -0.15) is 26.3 Å². The van der Waals surface area contributed by atoms with E-state index in [0.29, 0.717) is 30.5 Å². The molecular weight excluding hydrogens is 578 g/mol. The third kappa shape index (κ3) is 5.34. The van der Waals surface area contributed by atoms with Gasteiger partial charge in [0.1, 0.15) is 5.82 Å². The summed E-state index contributed by atoms with van der Waals surface area (Å²) in [4.78, 5) is 15.2. The van der Waals surface area contributed by atoms with Crippen LogP contribution in [0.3, 0.4) is 0 Å². The molecule has 224 valence electrons. The third-order valence-electron chi connectivity index (χ3n) is 8.64. The zero-order chi connectivity index (χ0) is 29.8. The first-order valence-corrected chi connectivity index (χ1v) is 14.8. The molecule has 1 heterocycles. The molecular formula is C29H29F8NO2S. The van der Waals surface area contributed by atoms with Crippen LogP contribution in [0.2, 0.25) is 0 Å². The third-order valence-corrected chi connectivity index (χ3v) is 10.6. The van der Waals surface area contributed by atoms with E-state index in [2.05, 4.69) is 0 Å². The van der Waals surface area contributed by atoms with Gasteiger partial charge in [0.15, 0.2) is 9.64 Å². The van der Waals surface area contributed by atoms with Crippen molar-refractivity contribution in [1.29, 1.82) is 0 Å². The van der Waals surface area contributed by atoms with E-state index in [1.54, 1.807) is 4.90 Å². The van der Waals surface area contributed by atoms with Crippen molar-refractivity contribution in [1.82, 2.24) is 4.90 Å². The van der Waals surface area contributed by atoms with Crippen molar-refractivity contribution in [3.05, 3.63) is 65.0 Å².